The third-order valence-electron chi connectivity index (χ3n) is 4.87. The van der Waals surface area contributed by atoms with E-state index in [2.05, 4.69) is 4.98 Å². The van der Waals surface area contributed by atoms with E-state index in [1.54, 1.807) is 35.9 Å². The fourth-order valence-electron chi connectivity index (χ4n) is 3.68. The molecule has 1 N–H and O–H groups in total. The van der Waals surface area contributed by atoms with Gasteiger partial charge in [-0.1, -0.05) is 18.2 Å². The predicted octanol–water partition coefficient (Wildman–Crippen LogP) is 4.60. The molecule has 3 heterocycles. The van der Waals surface area contributed by atoms with Gasteiger partial charge >= 0.3 is 0 Å². The van der Waals surface area contributed by atoms with Gasteiger partial charge < -0.3 is 10.0 Å². The topological polar surface area (TPSA) is 36.4 Å². The Balaban J connectivity index is 1.89. The molecule has 4 rings (SSSR count). The van der Waals surface area contributed by atoms with Gasteiger partial charge in [-0.2, -0.15) is 0 Å². The number of nitrogens with zero attached hydrogens (tertiary/aromatic N) is 2. The van der Waals surface area contributed by atoms with Gasteiger partial charge in [-0.3, -0.25) is 4.98 Å². The number of aromatic nitrogens is 1. The Labute approximate surface area is 160 Å². The molecule has 2 unspecified atom stereocenters. The van der Waals surface area contributed by atoms with E-state index in [0.29, 0.717) is 23.2 Å². The number of aliphatic hydroxyl groups is 1. The van der Waals surface area contributed by atoms with Crippen LogP contribution in [0.5, 0.6) is 0 Å². The maximum Gasteiger partial charge on any atom is 0.129 e. The van der Waals surface area contributed by atoms with Crippen molar-refractivity contribution in [3.05, 3.63) is 93.4 Å². The second-order valence-corrected chi connectivity index (χ2v) is 7.52. The summed E-state index contributed by atoms with van der Waals surface area (Å²) in [4.78, 5) is 7.12. The molecule has 0 saturated carbocycles. The van der Waals surface area contributed by atoms with Crippen molar-refractivity contribution in [3.63, 3.8) is 0 Å². The van der Waals surface area contributed by atoms with E-state index in [1.165, 1.54) is 12.1 Å². The summed E-state index contributed by atoms with van der Waals surface area (Å²) in [7, 11) is 1.92. The second kappa shape index (κ2) is 7.21. The van der Waals surface area contributed by atoms with Crippen LogP contribution in [0.4, 0.5) is 8.78 Å². The van der Waals surface area contributed by atoms with Gasteiger partial charge in [0.25, 0.3) is 0 Å². The van der Waals surface area contributed by atoms with Crippen LogP contribution in [0, 0.1) is 11.6 Å². The van der Waals surface area contributed by atoms with Gasteiger partial charge in [-0.25, -0.2) is 8.78 Å². The van der Waals surface area contributed by atoms with Crippen LogP contribution in [0.1, 0.15) is 28.0 Å². The number of pyridine rings is 1. The van der Waals surface area contributed by atoms with Crippen LogP contribution in [-0.4, -0.2) is 28.6 Å². The maximum absolute atomic E-state index is 14.6. The molecule has 0 saturated heterocycles. The average Bonchev–Trinajstić information content (AvgIpc) is 3.29. The number of aliphatic hydroxyl groups excluding tert-OH is 1. The molecule has 1 aromatic carbocycles. The molecule has 3 aromatic rings. The zero-order valence-electron chi connectivity index (χ0n) is 14.6. The first-order chi connectivity index (χ1) is 13.1. The first kappa shape index (κ1) is 17.8. The minimum atomic E-state index is -0.935. The molecule has 0 amide bonds. The average molecular weight is 384 g/mol. The number of likely N-dealkylation sites (N-methyl/N-ethyl adjacent to an activating group) is 1. The van der Waals surface area contributed by atoms with E-state index < -0.39 is 17.7 Å². The Morgan fingerprint density at radius 1 is 1.22 bits per heavy atom. The number of rotatable bonds is 4. The van der Waals surface area contributed by atoms with Gasteiger partial charge in [-0.15, -0.1) is 11.3 Å². The third kappa shape index (κ3) is 3.26. The summed E-state index contributed by atoms with van der Waals surface area (Å²) in [6.07, 6.45) is 2.32. The van der Waals surface area contributed by atoms with Crippen molar-refractivity contribution < 1.29 is 13.9 Å². The van der Waals surface area contributed by atoms with Gasteiger partial charge in [0.1, 0.15) is 17.7 Å². The lowest BCUT2D eigenvalue weighted by atomic mass is 9.86. The molecule has 27 heavy (non-hydrogen) atoms. The quantitative estimate of drug-likeness (QED) is 0.714. The number of hydrogen-bond donors (Lipinski definition) is 1. The van der Waals surface area contributed by atoms with E-state index >= 15 is 0 Å². The van der Waals surface area contributed by atoms with Crippen LogP contribution in [0.3, 0.4) is 0 Å². The van der Waals surface area contributed by atoms with Gasteiger partial charge in [0, 0.05) is 43.5 Å². The summed E-state index contributed by atoms with van der Waals surface area (Å²) in [5.74, 6) is -1.60. The van der Waals surface area contributed by atoms with Crippen LogP contribution < -0.4 is 0 Å². The van der Waals surface area contributed by atoms with Gasteiger partial charge in [-0.05, 0) is 34.7 Å². The Kier molecular flexibility index (Phi) is 4.76. The van der Waals surface area contributed by atoms with Crippen LogP contribution in [0.25, 0.3) is 5.70 Å². The van der Waals surface area contributed by atoms with Crippen LogP contribution in [0.2, 0.25) is 0 Å². The SMILES string of the molecule is CN1CC(c2ccc(F)cc2F)C(C(O)c2cccnc2)=C1c1cccs1. The lowest BCUT2D eigenvalue weighted by Crippen LogP contribution is -2.16. The Bertz CT molecular complexity index is 973. The van der Waals surface area contributed by atoms with Crippen LogP contribution in [0.15, 0.2) is 65.8 Å². The number of hydrogen-bond acceptors (Lipinski definition) is 4. The van der Waals surface area contributed by atoms with E-state index in [0.717, 1.165) is 16.6 Å². The summed E-state index contributed by atoms with van der Waals surface area (Å²) in [6, 6.07) is 11.1. The highest BCUT2D eigenvalue weighted by molar-refractivity contribution is 7.11. The van der Waals surface area contributed by atoms with E-state index in [-0.39, 0.29) is 5.92 Å². The molecular formula is C21H18F2N2OS. The van der Waals surface area contributed by atoms with Crippen molar-refractivity contribution in [2.24, 2.45) is 0 Å². The van der Waals surface area contributed by atoms with Crippen molar-refractivity contribution in [1.82, 2.24) is 9.88 Å². The predicted molar refractivity (Wildman–Crippen MR) is 102 cm³/mol. The zero-order valence-corrected chi connectivity index (χ0v) is 15.5. The highest BCUT2D eigenvalue weighted by Gasteiger charge is 2.37. The van der Waals surface area contributed by atoms with Gasteiger partial charge in [0.05, 0.1) is 10.6 Å². The summed E-state index contributed by atoms with van der Waals surface area (Å²) in [5, 5.41) is 13.1. The van der Waals surface area contributed by atoms with Crippen molar-refractivity contribution in [1.29, 1.82) is 0 Å². The summed E-state index contributed by atoms with van der Waals surface area (Å²) < 4.78 is 28.0. The normalized spacial score (nSPS) is 18.2. The highest BCUT2D eigenvalue weighted by Crippen LogP contribution is 2.47. The molecule has 1 aliphatic heterocycles. The molecule has 0 spiro atoms. The standard InChI is InChI=1S/C21H18F2N2OS/c1-25-12-16(15-7-6-14(22)10-17(15)23)19(20(25)18-5-3-9-27-18)21(26)13-4-2-8-24-11-13/h2-11,16,21,26H,12H2,1H3. The molecule has 2 atom stereocenters. The molecule has 6 heteroatoms. The van der Waals surface area contributed by atoms with Crippen molar-refractivity contribution in [2.75, 3.05) is 13.6 Å². The Morgan fingerprint density at radius 3 is 2.74 bits per heavy atom. The summed E-state index contributed by atoms with van der Waals surface area (Å²) >= 11 is 1.56. The van der Waals surface area contributed by atoms with Crippen molar-refractivity contribution >= 4 is 17.0 Å². The molecule has 3 nitrogen and oxygen atoms in total. The molecule has 2 aromatic heterocycles. The number of halogens is 2. The molecule has 0 aliphatic carbocycles. The van der Waals surface area contributed by atoms with Crippen molar-refractivity contribution in [2.45, 2.75) is 12.0 Å². The van der Waals surface area contributed by atoms with E-state index in [1.807, 2.05) is 29.5 Å². The first-order valence-electron chi connectivity index (χ1n) is 8.58. The number of thiophene rings is 1. The highest BCUT2D eigenvalue weighted by atomic mass is 32.1. The summed E-state index contributed by atoms with van der Waals surface area (Å²) in [6.45, 7) is 0.502. The second-order valence-electron chi connectivity index (χ2n) is 6.57. The minimum Gasteiger partial charge on any atom is -0.384 e. The Morgan fingerprint density at radius 2 is 2.07 bits per heavy atom. The van der Waals surface area contributed by atoms with E-state index in [4.69, 9.17) is 0 Å². The monoisotopic (exact) mass is 384 g/mol. The van der Waals surface area contributed by atoms with Crippen LogP contribution in [-0.2, 0) is 0 Å². The smallest absolute Gasteiger partial charge is 0.129 e. The van der Waals surface area contributed by atoms with Crippen molar-refractivity contribution in [3.8, 4) is 0 Å². The zero-order chi connectivity index (χ0) is 19.0. The molecule has 0 radical (unpaired) electrons. The summed E-state index contributed by atoms with van der Waals surface area (Å²) in [5.41, 5.74) is 2.62. The van der Waals surface area contributed by atoms with Gasteiger partial charge in [0.2, 0.25) is 0 Å². The van der Waals surface area contributed by atoms with E-state index in [9.17, 15) is 13.9 Å². The van der Waals surface area contributed by atoms with Crippen LogP contribution >= 0.6 is 11.3 Å². The lowest BCUT2D eigenvalue weighted by molar-refractivity contribution is 0.209. The minimum absolute atomic E-state index is 0.382. The molecule has 0 bridgehead atoms. The molecule has 1 aliphatic rings. The lowest BCUT2D eigenvalue weighted by Gasteiger charge is -2.21. The molecule has 138 valence electrons. The Hall–Kier alpha value is -2.57. The largest absolute Gasteiger partial charge is 0.384 e. The number of benzene rings is 1. The maximum atomic E-state index is 14.6. The molecular weight excluding hydrogens is 366 g/mol. The first-order valence-corrected chi connectivity index (χ1v) is 9.46. The fourth-order valence-corrected chi connectivity index (χ4v) is 4.53. The fraction of sp³-hybridized carbons (Fsp3) is 0.190. The van der Waals surface area contributed by atoms with Gasteiger partial charge in [0.15, 0.2) is 0 Å². The molecule has 0 fully saturated rings. The third-order valence-corrected chi connectivity index (χ3v) is 5.75.